The fourth-order valence-corrected chi connectivity index (χ4v) is 3.69. The van der Waals surface area contributed by atoms with Crippen molar-refractivity contribution >= 4 is 28.7 Å². The molecule has 23 heavy (non-hydrogen) atoms. The number of aliphatic imine (C=N–C) groups is 1. The van der Waals surface area contributed by atoms with E-state index in [-0.39, 0.29) is 0 Å². The van der Waals surface area contributed by atoms with Crippen LogP contribution in [0.5, 0.6) is 0 Å². The summed E-state index contributed by atoms with van der Waals surface area (Å²) in [5.41, 5.74) is 7.10. The summed E-state index contributed by atoms with van der Waals surface area (Å²) >= 11 is 6.24. The normalized spacial score (nSPS) is 17.1. The smallest absolute Gasteiger partial charge is 0.0672 e. The van der Waals surface area contributed by atoms with E-state index >= 15 is 0 Å². The van der Waals surface area contributed by atoms with Crippen LogP contribution in [0, 0.1) is 6.92 Å². The first-order chi connectivity index (χ1) is 11.2. The number of benzene rings is 2. The summed E-state index contributed by atoms with van der Waals surface area (Å²) in [5.74, 6) is 0. The van der Waals surface area contributed by atoms with Crippen LogP contribution in [0.25, 0.3) is 0 Å². The Bertz CT molecular complexity index is 756. The van der Waals surface area contributed by atoms with Crippen molar-refractivity contribution < 1.29 is 0 Å². The Hall–Kier alpha value is -1.80. The van der Waals surface area contributed by atoms with Crippen LogP contribution in [0.2, 0.25) is 5.02 Å². The number of fused-ring (bicyclic) bond motifs is 1. The average Bonchev–Trinajstić information content (AvgIpc) is 2.99. The van der Waals surface area contributed by atoms with Crippen LogP contribution in [0.4, 0.5) is 11.4 Å². The van der Waals surface area contributed by atoms with Crippen LogP contribution < -0.4 is 4.90 Å². The Balaban J connectivity index is 1.56. The van der Waals surface area contributed by atoms with E-state index in [0.29, 0.717) is 0 Å². The van der Waals surface area contributed by atoms with Crippen molar-refractivity contribution in [1.29, 1.82) is 0 Å². The van der Waals surface area contributed by atoms with Crippen molar-refractivity contribution in [3.05, 3.63) is 58.1 Å². The lowest BCUT2D eigenvalue weighted by Crippen LogP contribution is -2.29. The number of rotatable bonds is 2. The minimum absolute atomic E-state index is 0.834. The Kier molecular flexibility index (Phi) is 3.86. The summed E-state index contributed by atoms with van der Waals surface area (Å²) in [4.78, 5) is 7.30. The summed E-state index contributed by atoms with van der Waals surface area (Å²) in [6.45, 7) is 4.40. The second-order valence-electron chi connectivity index (χ2n) is 6.56. The number of piperidine rings is 1. The van der Waals surface area contributed by atoms with Crippen LogP contribution in [-0.2, 0) is 6.42 Å². The lowest BCUT2D eigenvalue weighted by molar-refractivity contribution is 0.578. The molecule has 2 aromatic carbocycles. The molecule has 0 bridgehead atoms. The number of nitrogens with zero attached hydrogens (tertiary/aromatic N) is 2. The highest BCUT2D eigenvalue weighted by molar-refractivity contribution is 6.31. The number of anilines is 1. The molecule has 1 fully saturated rings. The molecule has 0 spiro atoms. The van der Waals surface area contributed by atoms with E-state index in [1.165, 1.54) is 49.2 Å². The van der Waals surface area contributed by atoms with Gasteiger partial charge in [-0.2, -0.15) is 0 Å². The van der Waals surface area contributed by atoms with Gasteiger partial charge in [-0.1, -0.05) is 23.7 Å². The van der Waals surface area contributed by atoms with E-state index in [9.17, 15) is 0 Å². The maximum atomic E-state index is 6.24. The largest absolute Gasteiger partial charge is 0.372 e. The van der Waals surface area contributed by atoms with E-state index < -0.39 is 0 Å². The Morgan fingerprint density at radius 2 is 1.74 bits per heavy atom. The van der Waals surface area contributed by atoms with E-state index in [1.807, 2.05) is 6.92 Å². The van der Waals surface area contributed by atoms with Gasteiger partial charge >= 0.3 is 0 Å². The summed E-state index contributed by atoms with van der Waals surface area (Å²) in [7, 11) is 0. The highest BCUT2D eigenvalue weighted by atomic mass is 35.5. The van der Waals surface area contributed by atoms with Gasteiger partial charge in [0.2, 0.25) is 0 Å². The number of aryl methyl sites for hydroxylation is 1. The van der Waals surface area contributed by atoms with E-state index in [2.05, 4.69) is 41.3 Å². The van der Waals surface area contributed by atoms with Crippen molar-refractivity contribution in [2.75, 3.05) is 18.0 Å². The molecular formula is C20H21ClN2. The molecule has 1 saturated heterocycles. The molecule has 0 aliphatic carbocycles. The molecule has 2 nitrogen and oxygen atoms in total. The standard InChI is InChI=1S/C20H21ClN2/c1-14-11-19-16(12-18(14)21)13-20(22-19)15-5-7-17(8-6-15)23-9-3-2-4-10-23/h5-8,11-12H,2-4,9-10,13H2,1H3. The molecule has 2 aromatic rings. The van der Waals surface area contributed by atoms with Gasteiger partial charge in [0.1, 0.15) is 0 Å². The van der Waals surface area contributed by atoms with Gasteiger partial charge in [0.25, 0.3) is 0 Å². The zero-order valence-corrected chi connectivity index (χ0v) is 14.2. The summed E-state index contributed by atoms with van der Waals surface area (Å²) in [6, 6.07) is 13.1. The third-order valence-electron chi connectivity index (χ3n) is 4.89. The highest BCUT2D eigenvalue weighted by Crippen LogP contribution is 2.33. The molecular weight excluding hydrogens is 304 g/mol. The van der Waals surface area contributed by atoms with Crippen molar-refractivity contribution in [1.82, 2.24) is 0 Å². The molecule has 2 aliphatic heterocycles. The van der Waals surface area contributed by atoms with Crippen molar-refractivity contribution in [2.45, 2.75) is 32.6 Å². The van der Waals surface area contributed by atoms with Gasteiger partial charge in [0, 0.05) is 30.2 Å². The zero-order valence-electron chi connectivity index (χ0n) is 13.5. The molecule has 0 unspecified atom stereocenters. The van der Waals surface area contributed by atoms with Crippen molar-refractivity contribution in [3.8, 4) is 0 Å². The second kappa shape index (κ2) is 6.01. The zero-order chi connectivity index (χ0) is 15.8. The Morgan fingerprint density at radius 3 is 2.48 bits per heavy atom. The Labute approximate surface area is 142 Å². The van der Waals surface area contributed by atoms with Crippen LogP contribution in [0.15, 0.2) is 41.4 Å². The third kappa shape index (κ3) is 2.88. The molecule has 0 N–H and O–H groups in total. The second-order valence-corrected chi connectivity index (χ2v) is 6.97. The van der Waals surface area contributed by atoms with E-state index in [4.69, 9.17) is 16.6 Å². The fraction of sp³-hybridized carbons (Fsp3) is 0.350. The lowest BCUT2D eigenvalue weighted by atomic mass is 10.0. The van der Waals surface area contributed by atoms with Crippen LogP contribution in [0.1, 0.15) is 36.0 Å². The van der Waals surface area contributed by atoms with Gasteiger partial charge in [-0.3, -0.25) is 4.99 Å². The lowest BCUT2D eigenvalue weighted by Gasteiger charge is -2.28. The van der Waals surface area contributed by atoms with Gasteiger partial charge in [0.05, 0.1) is 11.4 Å². The first-order valence-electron chi connectivity index (χ1n) is 8.43. The molecule has 2 aliphatic rings. The summed E-state index contributed by atoms with van der Waals surface area (Å²) in [6.07, 6.45) is 4.86. The number of hydrogen-bond donors (Lipinski definition) is 0. The van der Waals surface area contributed by atoms with Crippen LogP contribution >= 0.6 is 11.6 Å². The highest BCUT2D eigenvalue weighted by Gasteiger charge is 2.18. The maximum absolute atomic E-state index is 6.24. The molecule has 4 rings (SSSR count). The van der Waals surface area contributed by atoms with Gasteiger partial charge in [-0.25, -0.2) is 0 Å². The minimum Gasteiger partial charge on any atom is -0.372 e. The molecule has 0 amide bonds. The fourth-order valence-electron chi connectivity index (χ4n) is 3.50. The predicted octanol–water partition coefficient (Wildman–Crippen LogP) is 5.32. The third-order valence-corrected chi connectivity index (χ3v) is 5.30. The first-order valence-corrected chi connectivity index (χ1v) is 8.80. The average molecular weight is 325 g/mol. The van der Waals surface area contributed by atoms with Gasteiger partial charge in [-0.05, 0) is 67.1 Å². The van der Waals surface area contributed by atoms with Gasteiger partial charge < -0.3 is 4.90 Å². The van der Waals surface area contributed by atoms with Gasteiger partial charge in [-0.15, -0.1) is 0 Å². The molecule has 118 valence electrons. The van der Waals surface area contributed by atoms with E-state index in [0.717, 1.165) is 28.4 Å². The van der Waals surface area contributed by atoms with Crippen molar-refractivity contribution in [2.24, 2.45) is 4.99 Å². The summed E-state index contributed by atoms with van der Waals surface area (Å²) in [5, 5.41) is 0.834. The molecule has 2 heterocycles. The quantitative estimate of drug-likeness (QED) is 0.730. The molecule has 3 heteroatoms. The molecule has 0 saturated carbocycles. The first kappa shape index (κ1) is 14.8. The molecule has 0 aromatic heterocycles. The van der Waals surface area contributed by atoms with Crippen molar-refractivity contribution in [3.63, 3.8) is 0 Å². The SMILES string of the molecule is Cc1cc2c(cc1Cl)CC(c1ccc(N3CCCCC3)cc1)=N2. The number of halogens is 1. The van der Waals surface area contributed by atoms with Crippen LogP contribution in [-0.4, -0.2) is 18.8 Å². The van der Waals surface area contributed by atoms with E-state index in [1.54, 1.807) is 0 Å². The minimum atomic E-state index is 0.834. The van der Waals surface area contributed by atoms with Gasteiger partial charge in [0.15, 0.2) is 0 Å². The van der Waals surface area contributed by atoms with Crippen LogP contribution in [0.3, 0.4) is 0 Å². The molecule has 0 radical (unpaired) electrons. The summed E-state index contributed by atoms with van der Waals surface area (Å²) < 4.78 is 0. The topological polar surface area (TPSA) is 15.6 Å². The number of hydrogen-bond acceptors (Lipinski definition) is 2. The maximum Gasteiger partial charge on any atom is 0.0672 e. The Morgan fingerprint density at radius 1 is 1.00 bits per heavy atom. The predicted molar refractivity (Wildman–Crippen MR) is 98.6 cm³/mol. The monoisotopic (exact) mass is 324 g/mol. The molecule has 0 atom stereocenters.